The van der Waals surface area contributed by atoms with Crippen molar-refractivity contribution in [3.05, 3.63) is 35.9 Å². The predicted octanol–water partition coefficient (Wildman–Crippen LogP) is 1.73. The molecule has 0 spiro atoms. The summed E-state index contributed by atoms with van der Waals surface area (Å²) in [5.41, 5.74) is 0.895. The minimum absolute atomic E-state index is 0.171. The van der Waals surface area contributed by atoms with Crippen LogP contribution in [0.1, 0.15) is 19.4 Å². The molecule has 1 amide bonds. The number of nitrogens with zero attached hydrogens (tertiary/aromatic N) is 1. The highest BCUT2D eigenvalue weighted by molar-refractivity contribution is 5.75. The SMILES string of the molecule is CC1(C)O[C@H]2[C@H](CN(C(=O)OCc3ccccc3)[C@@H]2C=O)O1. The molecule has 0 aromatic heterocycles. The van der Waals surface area contributed by atoms with Crippen molar-refractivity contribution in [2.75, 3.05) is 6.54 Å². The van der Waals surface area contributed by atoms with Crippen LogP contribution in [-0.4, -0.2) is 47.9 Å². The van der Waals surface area contributed by atoms with Crippen molar-refractivity contribution in [2.45, 2.75) is 44.5 Å². The van der Waals surface area contributed by atoms with Crippen LogP contribution in [-0.2, 0) is 25.6 Å². The number of fused-ring (bicyclic) bond motifs is 1. The molecule has 1 aromatic rings. The lowest BCUT2D eigenvalue weighted by molar-refractivity contribution is -0.160. The maximum absolute atomic E-state index is 12.2. The lowest BCUT2D eigenvalue weighted by atomic mass is 10.1. The topological polar surface area (TPSA) is 65.1 Å². The molecule has 2 heterocycles. The monoisotopic (exact) mass is 305 g/mol. The highest BCUT2D eigenvalue weighted by atomic mass is 16.8. The Morgan fingerprint density at radius 1 is 1.36 bits per heavy atom. The Hall–Kier alpha value is -1.92. The number of hydrogen-bond donors (Lipinski definition) is 0. The molecule has 2 aliphatic rings. The summed E-state index contributed by atoms with van der Waals surface area (Å²) in [7, 11) is 0. The van der Waals surface area contributed by atoms with Crippen LogP contribution in [0.25, 0.3) is 0 Å². The summed E-state index contributed by atoms with van der Waals surface area (Å²) in [5.74, 6) is -0.726. The molecule has 6 nitrogen and oxygen atoms in total. The van der Waals surface area contributed by atoms with E-state index in [0.29, 0.717) is 6.54 Å². The molecular weight excluding hydrogens is 286 g/mol. The van der Waals surface area contributed by atoms with E-state index in [-0.39, 0.29) is 12.7 Å². The van der Waals surface area contributed by atoms with Crippen molar-refractivity contribution in [1.29, 1.82) is 0 Å². The molecule has 0 N–H and O–H groups in total. The van der Waals surface area contributed by atoms with Gasteiger partial charge in [-0.15, -0.1) is 0 Å². The lowest BCUT2D eigenvalue weighted by Crippen LogP contribution is -2.43. The van der Waals surface area contributed by atoms with E-state index in [9.17, 15) is 9.59 Å². The van der Waals surface area contributed by atoms with Gasteiger partial charge < -0.3 is 19.0 Å². The van der Waals surface area contributed by atoms with Gasteiger partial charge in [0.05, 0.1) is 6.54 Å². The van der Waals surface area contributed by atoms with E-state index in [1.165, 1.54) is 4.90 Å². The molecule has 0 bridgehead atoms. The largest absolute Gasteiger partial charge is 0.445 e. The Bertz CT molecular complexity index is 559. The molecule has 2 saturated heterocycles. The number of rotatable bonds is 3. The van der Waals surface area contributed by atoms with Crippen LogP contribution in [0.5, 0.6) is 0 Å². The fourth-order valence-corrected chi connectivity index (χ4v) is 2.94. The molecule has 6 heteroatoms. The Kier molecular flexibility index (Phi) is 3.88. The second kappa shape index (κ2) is 5.70. The quantitative estimate of drug-likeness (QED) is 0.796. The van der Waals surface area contributed by atoms with Gasteiger partial charge in [0.2, 0.25) is 0 Å². The first-order valence-corrected chi connectivity index (χ1v) is 7.28. The van der Waals surface area contributed by atoms with Gasteiger partial charge in [-0.1, -0.05) is 30.3 Å². The van der Waals surface area contributed by atoms with Gasteiger partial charge in [0.1, 0.15) is 31.1 Å². The molecule has 0 saturated carbocycles. The molecule has 3 rings (SSSR count). The zero-order valence-electron chi connectivity index (χ0n) is 12.6. The van der Waals surface area contributed by atoms with Gasteiger partial charge >= 0.3 is 6.09 Å². The Morgan fingerprint density at radius 2 is 2.09 bits per heavy atom. The van der Waals surface area contributed by atoms with E-state index >= 15 is 0 Å². The number of carbonyl (C=O) groups excluding carboxylic acids is 2. The van der Waals surface area contributed by atoms with Crippen molar-refractivity contribution < 1.29 is 23.8 Å². The van der Waals surface area contributed by atoms with Crippen molar-refractivity contribution in [3.63, 3.8) is 0 Å². The molecule has 118 valence electrons. The lowest BCUT2D eigenvalue weighted by Gasteiger charge is -2.26. The van der Waals surface area contributed by atoms with Gasteiger partial charge in [0, 0.05) is 0 Å². The van der Waals surface area contributed by atoms with Gasteiger partial charge in [0.25, 0.3) is 0 Å². The van der Waals surface area contributed by atoms with Gasteiger partial charge in [-0.2, -0.15) is 0 Å². The average Bonchev–Trinajstić information content (AvgIpc) is 2.97. The first-order valence-electron chi connectivity index (χ1n) is 7.28. The van der Waals surface area contributed by atoms with Gasteiger partial charge in [-0.3, -0.25) is 4.90 Å². The summed E-state index contributed by atoms with van der Waals surface area (Å²) in [6.07, 6.45) is -0.536. The molecule has 22 heavy (non-hydrogen) atoms. The molecule has 2 aliphatic heterocycles. The molecule has 0 radical (unpaired) electrons. The zero-order chi connectivity index (χ0) is 15.7. The molecule has 2 fully saturated rings. The number of aldehydes is 1. The predicted molar refractivity (Wildman–Crippen MR) is 77.0 cm³/mol. The van der Waals surface area contributed by atoms with E-state index in [0.717, 1.165) is 11.8 Å². The molecule has 3 atom stereocenters. The number of hydrogen-bond acceptors (Lipinski definition) is 5. The summed E-state index contributed by atoms with van der Waals surface area (Å²) in [5, 5.41) is 0. The van der Waals surface area contributed by atoms with Crippen molar-refractivity contribution in [1.82, 2.24) is 4.90 Å². The average molecular weight is 305 g/mol. The summed E-state index contributed by atoms with van der Waals surface area (Å²) < 4.78 is 16.7. The smallest absolute Gasteiger partial charge is 0.410 e. The van der Waals surface area contributed by atoms with E-state index in [4.69, 9.17) is 14.2 Å². The highest BCUT2D eigenvalue weighted by Crippen LogP contribution is 2.36. The summed E-state index contributed by atoms with van der Waals surface area (Å²) in [4.78, 5) is 25.0. The minimum Gasteiger partial charge on any atom is -0.445 e. The van der Waals surface area contributed by atoms with Crippen molar-refractivity contribution >= 4 is 12.4 Å². The summed E-state index contributed by atoms with van der Waals surface area (Å²) in [6.45, 7) is 4.06. The Morgan fingerprint density at radius 3 is 2.77 bits per heavy atom. The van der Waals surface area contributed by atoms with Crippen molar-refractivity contribution in [2.24, 2.45) is 0 Å². The van der Waals surface area contributed by atoms with Crippen LogP contribution in [0, 0.1) is 0 Å². The molecule has 0 aliphatic carbocycles. The highest BCUT2D eigenvalue weighted by Gasteiger charge is 2.54. The fraction of sp³-hybridized carbons (Fsp3) is 0.500. The summed E-state index contributed by atoms with van der Waals surface area (Å²) >= 11 is 0. The third kappa shape index (κ3) is 2.84. The third-order valence-corrected chi connectivity index (χ3v) is 3.87. The Balaban J connectivity index is 1.63. The first-order chi connectivity index (χ1) is 10.5. The van der Waals surface area contributed by atoms with Crippen LogP contribution >= 0.6 is 0 Å². The minimum atomic E-state index is -0.726. The maximum Gasteiger partial charge on any atom is 0.410 e. The summed E-state index contributed by atoms with van der Waals surface area (Å²) in [6, 6.07) is 8.72. The van der Waals surface area contributed by atoms with E-state index < -0.39 is 24.0 Å². The van der Waals surface area contributed by atoms with E-state index in [1.54, 1.807) is 13.8 Å². The van der Waals surface area contributed by atoms with Crippen LogP contribution in [0.4, 0.5) is 4.79 Å². The standard InChI is InChI=1S/C16H19NO5/c1-16(2)21-13-8-17(12(9-18)14(13)22-16)15(19)20-10-11-6-4-3-5-7-11/h3-7,9,12-14H,8,10H2,1-2H3/t12-,13+,14-/m1/s1. The van der Waals surface area contributed by atoms with Gasteiger partial charge in [0.15, 0.2) is 5.79 Å². The fourth-order valence-electron chi connectivity index (χ4n) is 2.94. The second-order valence-corrected chi connectivity index (χ2v) is 5.96. The van der Waals surface area contributed by atoms with Crippen LogP contribution < -0.4 is 0 Å². The molecule has 1 aromatic carbocycles. The number of ether oxygens (including phenoxy) is 3. The number of amides is 1. The maximum atomic E-state index is 12.2. The van der Waals surface area contributed by atoms with E-state index in [1.807, 2.05) is 30.3 Å². The van der Waals surface area contributed by atoms with Crippen molar-refractivity contribution in [3.8, 4) is 0 Å². The molecule has 0 unspecified atom stereocenters. The van der Waals surface area contributed by atoms with E-state index in [2.05, 4.69) is 0 Å². The van der Waals surface area contributed by atoms with Crippen LogP contribution in [0.3, 0.4) is 0 Å². The van der Waals surface area contributed by atoms with Crippen LogP contribution in [0.2, 0.25) is 0 Å². The molecular formula is C16H19NO5. The third-order valence-electron chi connectivity index (χ3n) is 3.87. The zero-order valence-corrected chi connectivity index (χ0v) is 12.6. The number of benzene rings is 1. The number of likely N-dealkylation sites (tertiary alicyclic amines) is 1. The van der Waals surface area contributed by atoms with Crippen LogP contribution in [0.15, 0.2) is 30.3 Å². The van der Waals surface area contributed by atoms with Gasteiger partial charge in [-0.05, 0) is 19.4 Å². The Labute approximate surface area is 128 Å². The number of carbonyl (C=O) groups is 2. The first kappa shape index (κ1) is 15.0. The second-order valence-electron chi connectivity index (χ2n) is 5.96. The normalized spacial score (nSPS) is 29.2. The van der Waals surface area contributed by atoms with Gasteiger partial charge in [-0.25, -0.2) is 4.79 Å².